The number of rotatable bonds is 6. The Morgan fingerprint density at radius 2 is 2.07 bits per heavy atom. The summed E-state index contributed by atoms with van der Waals surface area (Å²) in [7, 11) is 0. The van der Waals surface area contributed by atoms with Crippen LogP contribution >= 0.6 is 11.8 Å². The maximum atomic E-state index is 10.1. The first kappa shape index (κ1) is 11.1. The van der Waals surface area contributed by atoms with Gasteiger partial charge in [0.15, 0.2) is 0 Å². The minimum Gasteiger partial charge on any atom is -0.494 e. The minimum atomic E-state index is 0.609. The third-order valence-electron chi connectivity index (χ3n) is 1.64. The molecule has 1 aromatic rings. The largest absolute Gasteiger partial charge is 0.494 e. The van der Waals surface area contributed by atoms with Crippen molar-refractivity contribution in [2.45, 2.75) is 18.2 Å². The molecule has 0 saturated heterocycles. The van der Waals surface area contributed by atoms with Gasteiger partial charge >= 0.3 is 0 Å². The second kappa shape index (κ2) is 6.49. The molecule has 0 aromatic heterocycles. The van der Waals surface area contributed by atoms with Crippen LogP contribution in [0.4, 0.5) is 0 Å². The van der Waals surface area contributed by atoms with Gasteiger partial charge in [-0.15, -0.1) is 11.8 Å². The van der Waals surface area contributed by atoms with E-state index in [1.807, 2.05) is 31.2 Å². The second-order valence-electron chi connectivity index (χ2n) is 2.71. The molecule has 0 amide bonds. The van der Waals surface area contributed by atoms with E-state index < -0.39 is 0 Å². The first-order valence-corrected chi connectivity index (χ1v) is 5.64. The molecule has 0 saturated carbocycles. The number of thioether (sulfide) groups is 1. The summed E-state index contributed by atoms with van der Waals surface area (Å²) in [6.07, 6.45) is 1.56. The molecule has 0 aliphatic heterocycles. The number of benzene rings is 1. The van der Waals surface area contributed by atoms with Gasteiger partial charge in [0.25, 0.3) is 0 Å². The van der Waals surface area contributed by atoms with Crippen LogP contribution in [0.25, 0.3) is 0 Å². The van der Waals surface area contributed by atoms with Crippen LogP contribution in [0.15, 0.2) is 29.2 Å². The van der Waals surface area contributed by atoms with Crippen molar-refractivity contribution < 1.29 is 9.53 Å². The Labute approximate surface area is 88.7 Å². The van der Waals surface area contributed by atoms with Gasteiger partial charge in [-0.05, 0) is 31.2 Å². The summed E-state index contributed by atoms with van der Waals surface area (Å²) >= 11 is 1.68. The van der Waals surface area contributed by atoms with Crippen molar-refractivity contribution in [1.29, 1.82) is 0 Å². The highest BCUT2D eigenvalue weighted by Gasteiger charge is 1.95. The van der Waals surface area contributed by atoms with Crippen molar-refractivity contribution in [1.82, 2.24) is 0 Å². The Hall–Kier alpha value is -0.960. The molecule has 0 aliphatic rings. The highest BCUT2D eigenvalue weighted by atomic mass is 32.2. The molecule has 14 heavy (non-hydrogen) atoms. The predicted molar refractivity (Wildman–Crippen MR) is 59.0 cm³/mol. The zero-order valence-electron chi connectivity index (χ0n) is 8.23. The van der Waals surface area contributed by atoms with E-state index in [1.165, 1.54) is 4.90 Å². The molecule has 2 nitrogen and oxygen atoms in total. The molecule has 76 valence electrons. The van der Waals surface area contributed by atoms with Gasteiger partial charge in [-0.25, -0.2) is 0 Å². The molecule has 0 bridgehead atoms. The normalized spacial score (nSPS) is 9.79. The number of aldehydes is 1. The average molecular weight is 210 g/mol. The number of hydrogen-bond acceptors (Lipinski definition) is 3. The van der Waals surface area contributed by atoms with Gasteiger partial charge in [-0.3, -0.25) is 0 Å². The summed E-state index contributed by atoms with van der Waals surface area (Å²) < 4.78 is 5.32. The summed E-state index contributed by atoms with van der Waals surface area (Å²) in [6, 6.07) is 7.93. The molecular formula is C11H14O2S. The van der Waals surface area contributed by atoms with E-state index in [2.05, 4.69) is 0 Å². The number of carbonyl (C=O) groups excluding carboxylic acids is 1. The summed E-state index contributed by atoms with van der Waals surface area (Å²) in [5.74, 6) is 1.74. The molecule has 0 heterocycles. The second-order valence-corrected chi connectivity index (χ2v) is 3.88. The van der Waals surface area contributed by atoms with E-state index in [0.29, 0.717) is 13.0 Å². The fourth-order valence-electron chi connectivity index (χ4n) is 1.02. The van der Waals surface area contributed by atoms with Crippen LogP contribution in [-0.4, -0.2) is 18.6 Å². The first-order chi connectivity index (χ1) is 6.86. The van der Waals surface area contributed by atoms with Crippen LogP contribution in [0.3, 0.4) is 0 Å². The molecule has 1 aromatic carbocycles. The number of ether oxygens (including phenoxy) is 1. The van der Waals surface area contributed by atoms with E-state index >= 15 is 0 Å². The monoisotopic (exact) mass is 210 g/mol. The zero-order chi connectivity index (χ0) is 10.2. The summed E-state index contributed by atoms with van der Waals surface area (Å²) in [6.45, 7) is 2.66. The minimum absolute atomic E-state index is 0.609. The predicted octanol–water partition coefficient (Wildman–Crippen LogP) is 2.77. The maximum absolute atomic E-state index is 10.1. The lowest BCUT2D eigenvalue weighted by molar-refractivity contribution is -0.107. The van der Waals surface area contributed by atoms with Gasteiger partial charge in [-0.1, -0.05) is 0 Å². The Morgan fingerprint density at radius 3 is 2.64 bits per heavy atom. The summed E-state index contributed by atoms with van der Waals surface area (Å²) in [4.78, 5) is 11.3. The molecule has 1 rings (SSSR count). The third-order valence-corrected chi connectivity index (χ3v) is 2.68. The fraction of sp³-hybridized carbons (Fsp3) is 0.364. The molecule has 0 N–H and O–H groups in total. The Bertz CT molecular complexity index is 269. The molecule has 0 unspecified atom stereocenters. The van der Waals surface area contributed by atoms with Crippen molar-refractivity contribution in [3.05, 3.63) is 24.3 Å². The van der Waals surface area contributed by atoms with Crippen LogP contribution in [0.1, 0.15) is 13.3 Å². The Balaban J connectivity index is 2.42. The summed E-state index contributed by atoms with van der Waals surface area (Å²) in [5, 5.41) is 0. The lowest BCUT2D eigenvalue weighted by atomic mass is 10.3. The molecule has 3 heteroatoms. The third kappa shape index (κ3) is 3.83. The van der Waals surface area contributed by atoms with E-state index in [4.69, 9.17) is 4.74 Å². The smallest absolute Gasteiger partial charge is 0.120 e. The molecular weight excluding hydrogens is 196 g/mol. The van der Waals surface area contributed by atoms with Crippen molar-refractivity contribution in [2.24, 2.45) is 0 Å². The van der Waals surface area contributed by atoms with E-state index in [9.17, 15) is 4.79 Å². The van der Waals surface area contributed by atoms with Crippen molar-refractivity contribution in [2.75, 3.05) is 12.4 Å². The van der Waals surface area contributed by atoms with Gasteiger partial charge in [-0.2, -0.15) is 0 Å². The van der Waals surface area contributed by atoms with Gasteiger partial charge in [0.05, 0.1) is 6.61 Å². The molecule has 0 spiro atoms. The molecule has 0 fully saturated rings. The van der Waals surface area contributed by atoms with Crippen LogP contribution < -0.4 is 4.74 Å². The number of hydrogen-bond donors (Lipinski definition) is 0. The topological polar surface area (TPSA) is 26.3 Å². The van der Waals surface area contributed by atoms with E-state index in [0.717, 1.165) is 17.8 Å². The molecule has 0 radical (unpaired) electrons. The lowest BCUT2D eigenvalue weighted by Gasteiger charge is -2.03. The van der Waals surface area contributed by atoms with Gasteiger partial charge in [0.2, 0.25) is 0 Å². The van der Waals surface area contributed by atoms with E-state index in [1.54, 1.807) is 11.8 Å². The zero-order valence-corrected chi connectivity index (χ0v) is 9.05. The summed E-state index contributed by atoms with van der Waals surface area (Å²) in [5.41, 5.74) is 0. The molecule has 0 aliphatic carbocycles. The Morgan fingerprint density at radius 1 is 1.36 bits per heavy atom. The van der Waals surface area contributed by atoms with Crippen LogP contribution in [0.2, 0.25) is 0 Å². The first-order valence-electron chi connectivity index (χ1n) is 4.66. The van der Waals surface area contributed by atoms with Crippen LogP contribution in [-0.2, 0) is 4.79 Å². The Kier molecular flexibility index (Phi) is 5.15. The molecule has 0 atom stereocenters. The highest BCUT2D eigenvalue weighted by molar-refractivity contribution is 7.99. The van der Waals surface area contributed by atoms with Gasteiger partial charge < -0.3 is 9.53 Å². The standard InChI is InChI=1S/C11H14O2S/c1-2-13-10-4-6-11(7-5-10)14-9-3-8-12/h4-8H,2-3,9H2,1H3. The van der Waals surface area contributed by atoms with Crippen molar-refractivity contribution in [3.8, 4) is 5.75 Å². The fourth-order valence-corrected chi connectivity index (χ4v) is 1.80. The van der Waals surface area contributed by atoms with Gasteiger partial charge in [0.1, 0.15) is 12.0 Å². The number of carbonyl (C=O) groups is 1. The maximum Gasteiger partial charge on any atom is 0.120 e. The van der Waals surface area contributed by atoms with Crippen LogP contribution in [0, 0.1) is 0 Å². The lowest BCUT2D eigenvalue weighted by Crippen LogP contribution is -1.90. The SMILES string of the molecule is CCOc1ccc(SCCC=O)cc1. The van der Waals surface area contributed by atoms with Gasteiger partial charge in [0, 0.05) is 17.1 Å². The van der Waals surface area contributed by atoms with Crippen LogP contribution in [0.5, 0.6) is 5.75 Å². The van der Waals surface area contributed by atoms with E-state index in [-0.39, 0.29) is 0 Å². The quantitative estimate of drug-likeness (QED) is 0.410. The van der Waals surface area contributed by atoms with Crippen molar-refractivity contribution in [3.63, 3.8) is 0 Å². The average Bonchev–Trinajstić information content (AvgIpc) is 2.21. The highest BCUT2D eigenvalue weighted by Crippen LogP contribution is 2.21. The van der Waals surface area contributed by atoms with Crippen molar-refractivity contribution >= 4 is 18.0 Å².